The number of likely N-dealkylation sites (N-methyl/N-ethyl adjacent to an activating group) is 1. The summed E-state index contributed by atoms with van der Waals surface area (Å²) in [7, 11) is 2.00. The Bertz CT molecular complexity index is 323. The third-order valence-electron chi connectivity index (χ3n) is 3.18. The largest absolute Gasteiger partial charge is 0.317 e. The molecule has 3 nitrogen and oxygen atoms in total. The fraction of sp³-hybridized carbons (Fsp3) is 0.692. The van der Waals surface area contributed by atoms with Crippen LogP contribution in [0.15, 0.2) is 12.4 Å². The molecular formula is C13H23N3. The molecule has 16 heavy (non-hydrogen) atoms. The molecule has 0 fully saturated rings. The number of rotatable bonds is 5. The van der Waals surface area contributed by atoms with Gasteiger partial charge < -0.3 is 5.32 Å². The van der Waals surface area contributed by atoms with Crippen LogP contribution in [-0.4, -0.2) is 23.1 Å². The molecule has 1 N–H and O–H groups in total. The Morgan fingerprint density at radius 2 is 1.81 bits per heavy atom. The van der Waals surface area contributed by atoms with Crippen molar-refractivity contribution in [2.45, 2.75) is 52.0 Å². The quantitative estimate of drug-likeness (QED) is 0.830. The second-order valence-corrected chi connectivity index (χ2v) is 4.61. The van der Waals surface area contributed by atoms with Crippen LogP contribution in [0.3, 0.4) is 0 Å². The molecule has 0 bridgehead atoms. The average molecular weight is 221 g/mol. The summed E-state index contributed by atoms with van der Waals surface area (Å²) in [6.07, 6.45) is 2.78. The molecule has 0 aliphatic heterocycles. The first-order valence-corrected chi connectivity index (χ1v) is 6.09. The van der Waals surface area contributed by atoms with E-state index in [0.717, 1.165) is 17.8 Å². The summed E-state index contributed by atoms with van der Waals surface area (Å²) in [5, 5.41) is 3.30. The standard InChI is InChI=1S/C13H23N3/c1-6-11(10(4)14-5)13-7-12(9(2)3)15-8-16-13/h7-11,14H,6H2,1-5H3. The number of aromatic nitrogens is 2. The van der Waals surface area contributed by atoms with Gasteiger partial charge in [0.15, 0.2) is 0 Å². The lowest BCUT2D eigenvalue weighted by atomic mass is 9.93. The first kappa shape index (κ1) is 13.1. The SMILES string of the molecule is CCC(c1cc(C(C)C)ncn1)C(C)NC. The molecule has 0 saturated carbocycles. The normalized spacial score (nSPS) is 15.1. The highest BCUT2D eigenvalue weighted by Gasteiger charge is 2.18. The molecule has 3 heteroatoms. The van der Waals surface area contributed by atoms with E-state index in [-0.39, 0.29) is 0 Å². The van der Waals surface area contributed by atoms with Gasteiger partial charge in [0, 0.05) is 23.3 Å². The van der Waals surface area contributed by atoms with Gasteiger partial charge in [-0.1, -0.05) is 20.8 Å². The van der Waals surface area contributed by atoms with Crippen LogP contribution in [0, 0.1) is 0 Å². The molecule has 2 unspecified atom stereocenters. The Kier molecular flexibility index (Phi) is 4.87. The van der Waals surface area contributed by atoms with Gasteiger partial charge in [0.05, 0.1) is 0 Å². The van der Waals surface area contributed by atoms with Crippen molar-refractivity contribution < 1.29 is 0 Å². The molecule has 0 spiro atoms. The van der Waals surface area contributed by atoms with Crippen molar-refractivity contribution in [2.75, 3.05) is 7.05 Å². The van der Waals surface area contributed by atoms with Crippen LogP contribution in [0.25, 0.3) is 0 Å². The number of hydrogen-bond donors (Lipinski definition) is 1. The molecular weight excluding hydrogens is 198 g/mol. The molecule has 1 rings (SSSR count). The summed E-state index contributed by atoms with van der Waals surface area (Å²) in [6.45, 7) is 8.73. The van der Waals surface area contributed by atoms with Gasteiger partial charge in [-0.2, -0.15) is 0 Å². The van der Waals surface area contributed by atoms with E-state index in [2.05, 4.69) is 49.0 Å². The van der Waals surface area contributed by atoms with Gasteiger partial charge in [0.1, 0.15) is 6.33 Å². The summed E-state index contributed by atoms with van der Waals surface area (Å²) < 4.78 is 0. The molecule has 1 aromatic heterocycles. The van der Waals surface area contributed by atoms with Crippen LogP contribution < -0.4 is 5.32 Å². The zero-order valence-electron chi connectivity index (χ0n) is 11.0. The van der Waals surface area contributed by atoms with Gasteiger partial charge in [-0.05, 0) is 32.4 Å². The maximum absolute atomic E-state index is 4.41. The average Bonchev–Trinajstić information content (AvgIpc) is 2.30. The zero-order chi connectivity index (χ0) is 12.1. The Morgan fingerprint density at radius 3 is 2.31 bits per heavy atom. The van der Waals surface area contributed by atoms with Crippen molar-refractivity contribution in [3.05, 3.63) is 23.8 Å². The third-order valence-corrected chi connectivity index (χ3v) is 3.18. The Morgan fingerprint density at radius 1 is 1.19 bits per heavy atom. The van der Waals surface area contributed by atoms with E-state index < -0.39 is 0 Å². The van der Waals surface area contributed by atoms with Crippen molar-refractivity contribution in [3.63, 3.8) is 0 Å². The highest BCUT2D eigenvalue weighted by atomic mass is 14.9. The van der Waals surface area contributed by atoms with Gasteiger partial charge >= 0.3 is 0 Å². The van der Waals surface area contributed by atoms with Crippen LogP contribution in [0.2, 0.25) is 0 Å². The van der Waals surface area contributed by atoms with Crippen LogP contribution in [0.5, 0.6) is 0 Å². The molecule has 90 valence electrons. The lowest BCUT2D eigenvalue weighted by molar-refractivity contribution is 0.472. The van der Waals surface area contributed by atoms with E-state index in [9.17, 15) is 0 Å². The molecule has 1 aromatic rings. The summed E-state index contributed by atoms with van der Waals surface area (Å²) in [6, 6.07) is 2.59. The monoisotopic (exact) mass is 221 g/mol. The maximum atomic E-state index is 4.41. The van der Waals surface area contributed by atoms with Gasteiger partial charge in [-0.15, -0.1) is 0 Å². The number of nitrogens with zero attached hydrogens (tertiary/aromatic N) is 2. The van der Waals surface area contributed by atoms with Gasteiger partial charge in [0.2, 0.25) is 0 Å². The minimum atomic E-state index is 0.444. The van der Waals surface area contributed by atoms with Gasteiger partial charge in [-0.3, -0.25) is 0 Å². The smallest absolute Gasteiger partial charge is 0.115 e. The first-order valence-electron chi connectivity index (χ1n) is 6.09. The van der Waals surface area contributed by atoms with Crippen molar-refractivity contribution in [3.8, 4) is 0 Å². The minimum absolute atomic E-state index is 0.444. The van der Waals surface area contributed by atoms with Gasteiger partial charge in [-0.25, -0.2) is 9.97 Å². The van der Waals surface area contributed by atoms with Gasteiger partial charge in [0.25, 0.3) is 0 Å². The van der Waals surface area contributed by atoms with E-state index >= 15 is 0 Å². The fourth-order valence-corrected chi connectivity index (χ4v) is 1.93. The van der Waals surface area contributed by atoms with Crippen LogP contribution >= 0.6 is 0 Å². The molecule has 0 aliphatic rings. The molecule has 0 aliphatic carbocycles. The number of nitrogens with one attached hydrogen (secondary N) is 1. The molecule has 0 amide bonds. The Balaban J connectivity index is 2.96. The highest BCUT2D eigenvalue weighted by molar-refractivity contribution is 5.16. The molecule has 1 heterocycles. The summed E-state index contributed by atoms with van der Waals surface area (Å²) >= 11 is 0. The summed E-state index contributed by atoms with van der Waals surface area (Å²) in [5.41, 5.74) is 2.29. The second-order valence-electron chi connectivity index (χ2n) is 4.61. The lowest BCUT2D eigenvalue weighted by Crippen LogP contribution is -2.29. The molecule has 2 atom stereocenters. The lowest BCUT2D eigenvalue weighted by Gasteiger charge is -2.22. The zero-order valence-corrected chi connectivity index (χ0v) is 11.0. The van der Waals surface area contributed by atoms with E-state index in [1.54, 1.807) is 6.33 Å². The second kappa shape index (κ2) is 5.94. The predicted molar refractivity (Wildman–Crippen MR) is 67.7 cm³/mol. The van der Waals surface area contributed by atoms with E-state index in [1.807, 2.05) is 7.05 Å². The first-order chi connectivity index (χ1) is 7.60. The predicted octanol–water partition coefficient (Wildman–Crippen LogP) is 2.70. The van der Waals surface area contributed by atoms with Crippen molar-refractivity contribution in [1.82, 2.24) is 15.3 Å². The van der Waals surface area contributed by atoms with Crippen LogP contribution in [-0.2, 0) is 0 Å². The van der Waals surface area contributed by atoms with Crippen LogP contribution in [0.4, 0.5) is 0 Å². The maximum Gasteiger partial charge on any atom is 0.115 e. The topological polar surface area (TPSA) is 37.8 Å². The fourth-order valence-electron chi connectivity index (χ4n) is 1.93. The highest BCUT2D eigenvalue weighted by Crippen LogP contribution is 2.23. The van der Waals surface area contributed by atoms with Crippen LogP contribution in [0.1, 0.15) is 57.3 Å². The molecule has 0 radical (unpaired) electrons. The molecule has 0 saturated heterocycles. The van der Waals surface area contributed by atoms with E-state index in [1.165, 1.54) is 0 Å². The third kappa shape index (κ3) is 3.01. The summed E-state index contributed by atoms with van der Waals surface area (Å²) in [5.74, 6) is 0.926. The van der Waals surface area contributed by atoms with Crippen molar-refractivity contribution in [2.24, 2.45) is 0 Å². The van der Waals surface area contributed by atoms with Crippen molar-refractivity contribution >= 4 is 0 Å². The van der Waals surface area contributed by atoms with E-state index in [4.69, 9.17) is 0 Å². The Labute approximate surface area is 98.7 Å². The molecule has 0 aromatic carbocycles. The van der Waals surface area contributed by atoms with Crippen molar-refractivity contribution in [1.29, 1.82) is 0 Å². The number of hydrogen-bond acceptors (Lipinski definition) is 3. The minimum Gasteiger partial charge on any atom is -0.317 e. The summed E-state index contributed by atoms with van der Waals surface area (Å²) in [4.78, 5) is 8.72. The van der Waals surface area contributed by atoms with E-state index in [0.29, 0.717) is 17.9 Å². The Hall–Kier alpha value is -0.960.